The molecule has 0 radical (unpaired) electrons. The molecule has 0 bridgehead atoms. The normalized spacial score (nSPS) is 11.0. The predicted molar refractivity (Wildman–Crippen MR) is 97.6 cm³/mol. The van der Waals surface area contributed by atoms with Gasteiger partial charge in [0.2, 0.25) is 0 Å². The lowest BCUT2D eigenvalue weighted by molar-refractivity contribution is -0.139. The minimum atomic E-state index is -0.347. The van der Waals surface area contributed by atoms with Gasteiger partial charge in [-0.25, -0.2) is 9.37 Å². The van der Waals surface area contributed by atoms with Crippen molar-refractivity contribution in [3.05, 3.63) is 45.8 Å². The highest BCUT2D eigenvalue weighted by Gasteiger charge is 2.16. The van der Waals surface area contributed by atoms with E-state index in [0.717, 1.165) is 11.1 Å². The maximum atomic E-state index is 13.1. The molecule has 0 N–H and O–H groups in total. The summed E-state index contributed by atoms with van der Waals surface area (Å²) >= 11 is 2.51. The number of carbonyl (C=O) groups is 1. The number of benzene rings is 1. The Morgan fingerprint density at radius 1 is 1.36 bits per heavy atom. The summed E-state index contributed by atoms with van der Waals surface area (Å²) in [6.45, 7) is 2.06. The third kappa shape index (κ3) is 3.59. The van der Waals surface area contributed by atoms with Crippen LogP contribution < -0.4 is 5.56 Å². The Balaban J connectivity index is 2.00. The first-order valence-electron chi connectivity index (χ1n) is 7.53. The Hall–Kier alpha value is -2.19. The van der Waals surface area contributed by atoms with Gasteiger partial charge in [0.05, 0.1) is 17.7 Å². The van der Waals surface area contributed by atoms with E-state index < -0.39 is 0 Å². The minimum Gasteiger partial charge on any atom is -0.465 e. The molecule has 2 heterocycles. The summed E-state index contributed by atoms with van der Waals surface area (Å²) in [4.78, 5) is 29.4. The van der Waals surface area contributed by atoms with Crippen molar-refractivity contribution in [2.75, 3.05) is 12.4 Å². The van der Waals surface area contributed by atoms with Crippen LogP contribution in [0.3, 0.4) is 0 Å². The molecule has 0 aliphatic heterocycles. The number of halogens is 1. The number of nitrogens with zero attached hydrogens (tertiary/aromatic N) is 2. The monoisotopic (exact) mass is 378 g/mol. The fourth-order valence-corrected chi connectivity index (χ4v) is 4.11. The van der Waals surface area contributed by atoms with E-state index in [1.165, 1.54) is 39.8 Å². The van der Waals surface area contributed by atoms with Gasteiger partial charge in [-0.3, -0.25) is 14.2 Å². The number of ether oxygens (including phenoxy) is 1. The van der Waals surface area contributed by atoms with Crippen LogP contribution in [0.1, 0.15) is 6.92 Å². The van der Waals surface area contributed by atoms with E-state index in [4.69, 9.17) is 4.74 Å². The van der Waals surface area contributed by atoms with Crippen LogP contribution in [0.15, 0.2) is 39.6 Å². The average Bonchev–Trinajstić information content (AvgIpc) is 3.02. The zero-order valence-electron chi connectivity index (χ0n) is 13.6. The van der Waals surface area contributed by atoms with E-state index in [2.05, 4.69) is 4.98 Å². The number of thiophene rings is 1. The molecule has 0 spiro atoms. The van der Waals surface area contributed by atoms with E-state index in [1.807, 2.05) is 5.38 Å². The van der Waals surface area contributed by atoms with Gasteiger partial charge < -0.3 is 4.74 Å². The second kappa shape index (κ2) is 7.37. The van der Waals surface area contributed by atoms with Crippen molar-refractivity contribution < 1.29 is 13.9 Å². The smallest absolute Gasteiger partial charge is 0.316 e. The zero-order chi connectivity index (χ0) is 18.0. The molecule has 5 nitrogen and oxygen atoms in total. The van der Waals surface area contributed by atoms with E-state index >= 15 is 0 Å². The highest BCUT2D eigenvalue weighted by atomic mass is 32.2. The third-order valence-electron chi connectivity index (χ3n) is 3.55. The van der Waals surface area contributed by atoms with Crippen LogP contribution in [-0.4, -0.2) is 27.9 Å². The van der Waals surface area contributed by atoms with E-state index in [1.54, 1.807) is 26.1 Å². The fraction of sp³-hybridized carbons (Fsp3) is 0.235. The Labute approximate surface area is 151 Å². The molecule has 3 aromatic rings. The highest BCUT2D eigenvalue weighted by Crippen LogP contribution is 2.32. The molecule has 3 rings (SSSR count). The number of carbonyl (C=O) groups excluding carboxylic acids is 1. The molecular formula is C17H15FN2O3S2. The van der Waals surface area contributed by atoms with Crippen molar-refractivity contribution in [3.63, 3.8) is 0 Å². The predicted octanol–water partition coefficient (Wildman–Crippen LogP) is 3.46. The number of hydrogen-bond donors (Lipinski definition) is 0. The Morgan fingerprint density at radius 3 is 2.76 bits per heavy atom. The zero-order valence-corrected chi connectivity index (χ0v) is 15.2. The highest BCUT2D eigenvalue weighted by molar-refractivity contribution is 7.99. The third-order valence-corrected chi connectivity index (χ3v) is 5.43. The van der Waals surface area contributed by atoms with Crippen LogP contribution in [0.5, 0.6) is 0 Å². The minimum absolute atomic E-state index is 0.0931. The number of rotatable bonds is 5. The van der Waals surface area contributed by atoms with Gasteiger partial charge in [0.25, 0.3) is 5.56 Å². The van der Waals surface area contributed by atoms with Gasteiger partial charge in [-0.15, -0.1) is 11.3 Å². The van der Waals surface area contributed by atoms with Gasteiger partial charge in [0.1, 0.15) is 10.6 Å². The van der Waals surface area contributed by atoms with Gasteiger partial charge in [-0.1, -0.05) is 23.9 Å². The van der Waals surface area contributed by atoms with E-state index in [-0.39, 0.29) is 23.1 Å². The second-order valence-corrected chi connectivity index (χ2v) is 6.99. The molecule has 0 amide bonds. The van der Waals surface area contributed by atoms with Gasteiger partial charge in [0.15, 0.2) is 5.16 Å². The lowest BCUT2D eigenvalue weighted by Crippen LogP contribution is -2.20. The lowest BCUT2D eigenvalue weighted by Gasteiger charge is -2.07. The number of hydrogen-bond acceptors (Lipinski definition) is 6. The van der Waals surface area contributed by atoms with Crippen molar-refractivity contribution in [1.29, 1.82) is 0 Å². The van der Waals surface area contributed by atoms with Crippen molar-refractivity contribution in [2.24, 2.45) is 7.05 Å². The van der Waals surface area contributed by atoms with Crippen molar-refractivity contribution in [2.45, 2.75) is 12.1 Å². The quantitative estimate of drug-likeness (QED) is 0.387. The Bertz CT molecular complexity index is 980. The van der Waals surface area contributed by atoms with Crippen LogP contribution in [-0.2, 0) is 16.6 Å². The summed E-state index contributed by atoms with van der Waals surface area (Å²) in [6.07, 6.45) is 0. The first kappa shape index (κ1) is 17.6. The lowest BCUT2D eigenvalue weighted by atomic mass is 10.1. The number of fused-ring (bicyclic) bond motifs is 1. The summed E-state index contributed by atoms with van der Waals surface area (Å²) in [7, 11) is 1.62. The van der Waals surface area contributed by atoms with Gasteiger partial charge in [-0.2, -0.15) is 0 Å². The maximum absolute atomic E-state index is 13.1. The van der Waals surface area contributed by atoms with Crippen LogP contribution >= 0.6 is 23.1 Å². The number of esters is 1. The molecule has 1 aromatic carbocycles. The van der Waals surface area contributed by atoms with Crippen LogP contribution in [0, 0.1) is 5.82 Å². The molecule has 0 aliphatic carbocycles. The van der Waals surface area contributed by atoms with Crippen LogP contribution in [0.4, 0.5) is 4.39 Å². The van der Waals surface area contributed by atoms with E-state index in [0.29, 0.717) is 22.0 Å². The Morgan fingerprint density at radius 2 is 2.08 bits per heavy atom. The van der Waals surface area contributed by atoms with Crippen LogP contribution in [0.2, 0.25) is 0 Å². The summed E-state index contributed by atoms with van der Waals surface area (Å²) in [5.41, 5.74) is 1.30. The number of thioether (sulfide) groups is 1. The van der Waals surface area contributed by atoms with E-state index in [9.17, 15) is 14.0 Å². The van der Waals surface area contributed by atoms with Gasteiger partial charge in [0, 0.05) is 18.0 Å². The summed E-state index contributed by atoms with van der Waals surface area (Å²) in [5, 5.41) is 2.80. The Kier molecular flexibility index (Phi) is 5.19. The molecule has 0 saturated heterocycles. The molecule has 25 heavy (non-hydrogen) atoms. The summed E-state index contributed by atoms with van der Waals surface area (Å²) in [5.74, 6) is -0.581. The molecule has 0 unspecified atom stereocenters. The van der Waals surface area contributed by atoms with Crippen LogP contribution in [0.25, 0.3) is 21.3 Å². The maximum Gasteiger partial charge on any atom is 0.316 e. The van der Waals surface area contributed by atoms with Crippen molar-refractivity contribution >= 4 is 39.3 Å². The molecule has 0 aliphatic rings. The first-order valence-corrected chi connectivity index (χ1v) is 9.40. The summed E-state index contributed by atoms with van der Waals surface area (Å²) in [6, 6.07) is 6.00. The van der Waals surface area contributed by atoms with Gasteiger partial charge in [-0.05, 0) is 24.6 Å². The standard InChI is InChI=1S/C17H15FN2O3S2/c1-3-23-13(21)9-25-17-19-15-14(16(22)20(17)2)12(8-24-15)10-4-6-11(18)7-5-10/h4-8H,3,9H2,1-2H3. The SMILES string of the molecule is CCOC(=O)CSc1nc2scc(-c3ccc(F)cc3)c2c(=O)n1C. The fourth-order valence-electron chi connectivity index (χ4n) is 2.35. The first-order chi connectivity index (χ1) is 12.0. The molecule has 0 fully saturated rings. The molecular weight excluding hydrogens is 363 g/mol. The largest absolute Gasteiger partial charge is 0.465 e. The van der Waals surface area contributed by atoms with Crippen molar-refractivity contribution in [3.8, 4) is 11.1 Å². The number of aromatic nitrogens is 2. The van der Waals surface area contributed by atoms with Crippen molar-refractivity contribution in [1.82, 2.24) is 9.55 Å². The second-order valence-electron chi connectivity index (χ2n) is 5.19. The van der Waals surface area contributed by atoms with Gasteiger partial charge >= 0.3 is 5.97 Å². The molecule has 0 saturated carbocycles. The molecule has 2 aromatic heterocycles. The molecule has 0 atom stereocenters. The molecule has 8 heteroatoms. The topological polar surface area (TPSA) is 61.2 Å². The molecule has 130 valence electrons. The average molecular weight is 378 g/mol. The summed E-state index contributed by atoms with van der Waals surface area (Å²) < 4.78 is 19.4.